The van der Waals surface area contributed by atoms with E-state index in [2.05, 4.69) is 75.5 Å². The normalized spacial score (nSPS) is 9.36. The molecule has 2 aromatic carbocycles. The van der Waals surface area contributed by atoms with Gasteiger partial charge in [0.2, 0.25) is 0 Å². The summed E-state index contributed by atoms with van der Waals surface area (Å²) in [4.78, 5) is 0. The maximum atomic E-state index is 2.31. The topological polar surface area (TPSA) is 0 Å². The molecule has 2 heteroatoms. The number of rotatable bonds is 6. The van der Waals surface area contributed by atoms with E-state index in [0.29, 0.717) is 0 Å². The SMILES string of the molecule is CCCCc1cc[cH-]c1.CCCCc1cc[cH-]c1.C[Si](C)=[Zr+2]. The van der Waals surface area contributed by atoms with Crippen molar-refractivity contribution in [3.05, 3.63) is 59.7 Å². The van der Waals surface area contributed by atoms with Crippen LogP contribution in [0.2, 0.25) is 13.1 Å². The fourth-order valence-electron chi connectivity index (χ4n) is 1.92. The molecule has 0 fully saturated rings. The molecule has 0 aromatic heterocycles. The van der Waals surface area contributed by atoms with Crippen LogP contribution < -0.4 is 0 Å². The first kappa shape index (κ1) is 21.8. The van der Waals surface area contributed by atoms with Gasteiger partial charge in [-0.1, -0.05) is 52.4 Å². The van der Waals surface area contributed by atoms with Gasteiger partial charge in [0.15, 0.2) is 0 Å². The molecule has 120 valence electrons. The molecule has 0 radical (unpaired) electrons. The van der Waals surface area contributed by atoms with Gasteiger partial charge in [-0.3, -0.25) is 0 Å². The first-order chi connectivity index (χ1) is 10.6. The molecule has 0 saturated carbocycles. The number of unbranched alkanes of at least 4 members (excludes halogenated alkanes) is 2. The number of hydrogen-bond acceptors (Lipinski definition) is 0. The van der Waals surface area contributed by atoms with Crippen molar-refractivity contribution in [2.45, 2.75) is 65.5 Å². The van der Waals surface area contributed by atoms with E-state index < -0.39 is 0 Å². The van der Waals surface area contributed by atoms with Gasteiger partial charge in [0, 0.05) is 0 Å². The molecular weight excluding hydrogens is 360 g/mol. The van der Waals surface area contributed by atoms with Crippen LogP contribution in [0.15, 0.2) is 48.5 Å². The summed E-state index contributed by atoms with van der Waals surface area (Å²) >= 11 is 1.74. The van der Waals surface area contributed by atoms with E-state index in [1.54, 1.807) is 23.3 Å². The fourth-order valence-corrected chi connectivity index (χ4v) is 1.92. The zero-order valence-corrected chi connectivity index (χ0v) is 18.3. The van der Waals surface area contributed by atoms with Gasteiger partial charge in [0.25, 0.3) is 0 Å². The molecule has 0 heterocycles. The summed E-state index contributed by atoms with van der Waals surface area (Å²) in [5.74, 6) is 0. The van der Waals surface area contributed by atoms with Gasteiger partial charge in [0.05, 0.1) is 0 Å². The van der Waals surface area contributed by atoms with E-state index in [1.807, 2.05) is 0 Å². The predicted molar refractivity (Wildman–Crippen MR) is 98.8 cm³/mol. The molecule has 0 aliphatic rings. The first-order valence-electron chi connectivity index (χ1n) is 8.53. The molecule has 0 aliphatic heterocycles. The van der Waals surface area contributed by atoms with Gasteiger partial charge < -0.3 is 0 Å². The van der Waals surface area contributed by atoms with Crippen LogP contribution in [-0.2, 0) is 36.2 Å². The first-order valence-corrected chi connectivity index (χ1v) is 14.7. The summed E-state index contributed by atoms with van der Waals surface area (Å²) in [5, 5.41) is 0. The van der Waals surface area contributed by atoms with Crippen LogP contribution in [0.25, 0.3) is 0 Å². The van der Waals surface area contributed by atoms with Gasteiger partial charge >= 0.3 is 41.9 Å². The Hall–Kier alpha value is -0.200. The molecule has 2 aromatic rings. The molecule has 0 unspecified atom stereocenters. The van der Waals surface area contributed by atoms with Crippen LogP contribution >= 0.6 is 0 Å². The molecule has 0 N–H and O–H groups in total. The van der Waals surface area contributed by atoms with Crippen molar-refractivity contribution >= 4 is 5.43 Å². The molecule has 0 bridgehead atoms. The van der Waals surface area contributed by atoms with Crippen LogP contribution in [0.4, 0.5) is 0 Å². The number of aryl methyl sites for hydroxylation is 2. The van der Waals surface area contributed by atoms with E-state index in [0.717, 1.165) is 0 Å². The van der Waals surface area contributed by atoms with Crippen LogP contribution in [0.5, 0.6) is 0 Å². The van der Waals surface area contributed by atoms with Crippen molar-refractivity contribution < 1.29 is 23.3 Å². The summed E-state index contributed by atoms with van der Waals surface area (Å²) in [6, 6.07) is 17.2. The Labute approximate surface area is 153 Å². The van der Waals surface area contributed by atoms with Crippen molar-refractivity contribution in [1.82, 2.24) is 0 Å². The molecule has 0 nitrogen and oxygen atoms in total. The third-order valence-corrected chi connectivity index (χ3v) is 3.10. The zero-order chi connectivity index (χ0) is 16.6. The fraction of sp³-hybridized carbons (Fsp3) is 0.500. The standard InChI is InChI=1S/2C9H13.C2H6Si.Zr/c2*1-2-3-6-9-7-4-5-8-9;1-3-2;/h2*4-5,7-8H,2-3,6H2,1H3;1-2H3;/q2*-1;;+2. The Morgan fingerprint density at radius 1 is 0.864 bits per heavy atom. The second-order valence-electron chi connectivity index (χ2n) is 5.79. The van der Waals surface area contributed by atoms with Crippen LogP contribution in [0, 0.1) is 0 Å². The quantitative estimate of drug-likeness (QED) is 0.401. The van der Waals surface area contributed by atoms with E-state index in [4.69, 9.17) is 0 Å². The van der Waals surface area contributed by atoms with Gasteiger partial charge in [0.1, 0.15) is 0 Å². The molecule has 0 aliphatic carbocycles. The van der Waals surface area contributed by atoms with Crippen molar-refractivity contribution in [1.29, 1.82) is 0 Å². The van der Waals surface area contributed by atoms with Gasteiger partial charge in [-0.15, -0.1) is 0 Å². The Morgan fingerprint density at radius 3 is 1.45 bits per heavy atom. The van der Waals surface area contributed by atoms with Gasteiger partial charge in [-0.2, -0.15) is 47.5 Å². The average Bonchev–Trinajstić information content (AvgIpc) is 3.16. The molecule has 22 heavy (non-hydrogen) atoms. The second-order valence-corrected chi connectivity index (χ2v) is 15.2. The molecule has 0 saturated heterocycles. The number of hydrogen-bond donors (Lipinski definition) is 0. The minimum atomic E-state index is 0.210. The van der Waals surface area contributed by atoms with Gasteiger partial charge in [-0.25, -0.2) is 12.1 Å². The van der Waals surface area contributed by atoms with Crippen LogP contribution in [0.3, 0.4) is 0 Å². The van der Waals surface area contributed by atoms with E-state index >= 15 is 0 Å². The molecule has 2 rings (SSSR count). The summed E-state index contributed by atoms with van der Waals surface area (Å²) in [5.41, 5.74) is 3.18. The van der Waals surface area contributed by atoms with E-state index in [1.165, 1.54) is 49.7 Å². The van der Waals surface area contributed by atoms with Crippen molar-refractivity contribution in [2.75, 3.05) is 0 Å². The third kappa shape index (κ3) is 14.7. The Kier molecular flexibility index (Phi) is 15.5. The third-order valence-electron chi connectivity index (χ3n) is 3.10. The van der Waals surface area contributed by atoms with Crippen molar-refractivity contribution in [3.8, 4) is 0 Å². The summed E-state index contributed by atoms with van der Waals surface area (Å²) in [7, 11) is 0. The van der Waals surface area contributed by atoms with E-state index in [-0.39, 0.29) is 5.43 Å². The molecular formula is C20H32SiZr. The monoisotopic (exact) mass is 390 g/mol. The van der Waals surface area contributed by atoms with Crippen molar-refractivity contribution in [2.24, 2.45) is 0 Å². The average molecular weight is 392 g/mol. The summed E-state index contributed by atoms with van der Waals surface area (Å²) < 4.78 is 0. The second kappa shape index (κ2) is 15.7. The Bertz CT molecular complexity index is 398. The maximum absolute atomic E-state index is 2.31. The molecule has 0 spiro atoms. The van der Waals surface area contributed by atoms with Gasteiger partial charge in [-0.05, 0) is 0 Å². The van der Waals surface area contributed by atoms with E-state index in [9.17, 15) is 0 Å². The van der Waals surface area contributed by atoms with Crippen LogP contribution in [0.1, 0.15) is 50.7 Å². The Balaban J connectivity index is 0.000000326. The predicted octanol–water partition coefficient (Wildman–Crippen LogP) is 6.28. The zero-order valence-electron chi connectivity index (χ0n) is 14.9. The van der Waals surface area contributed by atoms with Crippen LogP contribution in [-0.4, -0.2) is 5.43 Å². The summed E-state index contributed by atoms with van der Waals surface area (Å²) in [6.07, 6.45) is 7.75. The molecule has 0 atom stereocenters. The minimum absolute atomic E-state index is 0.210. The molecule has 0 amide bonds. The summed E-state index contributed by atoms with van der Waals surface area (Å²) in [6.45, 7) is 9.07. The van der Waals surface area contributed by atoms with Crippen molar-refractivity contribution in [3.63, 3.8) is 0 Å². The Morgan fingerprint density at radius 2 is 1.23 bits per heavy atom.